The lowest BCUT2D eigenvalue weighted by molar-refractivity contribution is 0.786. The van der Waals surface area contributed by atoms with Crippen molar-refractivity contribution < 1.29 is 0 Å². The van der Waals surface area contributed by atoms with Gasteiger partial charge in [-0.05, 0) is 19.9 Å². The Kier molecular flexibility index (Phi) is 2.59. The zero-order valence-electron chi connectivity index (χ0n) is 6.05. The molecule has 0 amide bonds. The first-order valence-corrected chi connectivity index (χ1v) is 4.20. The second kappa shape index (κ2) is 3.27. The minimum Gasteiger partial charge on any atom is -0.364 e. The summed E-state index contributed by atoms with van der Waals surface area (Å²) in [5, 5.41) is 3.12. The molecule has 1 heterocycles. The van der Waals surface area contributed by atoms with Gasteiger partial charge in [0, 0.05) is 10.6 Å². The van der Waals surface area contributed by atoms with Crippen LogP contribution in [0.25, 0.3) is 0 Å². The molecule has 0 saturated carbocycles. The largest absolute Gasteiger partial charge is 0.364 e. The fraction of sp³-hybridized carbons (Fsp3) is 0.667. The molecule has 3 nitrogen and oxygen atoms in total. The maximum atomic E-state index is 5.62. The maximum Gasteiger partial charge on any atom is 0.127 e. The van der Waals surface area contributed by atoms with Crippen LogP contribution in [0.3, 0.4) is 0 Å². The van der Waals surface area contributed by atoms with E-state index in [4.69, 9.17) is 11.5 Å². The predicted octanol–water partition coefficient (Wildman–Crippen LogP) is 0.145. The summed E-state index contributed by atoms with van der Waals surface area (Å²) in [6.45, 7) is 2.74. The Morgan fingerprint density at radius 3 is 2.80 bits per heavy atom. The van der Waals surface area contributed by atoms with Crippen LogP contribution in [-0.2, 0) is 0 Å². The minimum absolute atomic E-state index is 0.0431. The number of thioether (sulfide) groups is 1. The second-order valence-electron chi connectivity index (χ2n) is 2.27. The molecule has 1 atom stereocenters. The predicted molar refractivity (Wildman–Crippen MR) is 45.1 cm³/mol. The monoisotopic (exact) mass is 159 g/mol. The summed E-state index contributed by atoms with van der Waals surface area (Å²) in [5.41, 5.74) is 12.2. The highest BCUT2D eigenvalue weighted by molar-refractivity contribution is 8.03. The van der Waals surface area contributed by atoms with Gasteiger partial charge in [0.15, 0.2) is 0 Å². The fourth-order valence-electron chi connectivity index (χ4n) is 0.943. The summed E-state index contributed by atoms with van der Waals surface area (Å²) in [5.74, 6) is 0. The lowest BCUT2D eigenvalue weighted by atomic mass is 10.3. The lowest BCUT2D eigenvalue weighted by Gasteiger charge is -2.01. The molecule has 0 radical (unpaired) electrons. The Morgan fingerprint density at radius 1 is 1.70 bits per heavy atom. The average molecular weight is 159 g/mol. The lowest BCUT2D eigenvalue weighted by Crippen LogP contribution is -2.28. The molecular formula is C6H13N3S. The van der Waals surface area contributed by atoms with E-state index in [1.807, 2.05) is 6.92 Å². The topological polar surface area (TPSA) is 64.1 Å². The van der Waals surface area contributed by atoms with E-state index in [1.54, 1.807) is 11.8 Å². The van der Waals surface area contributed by atoms with Crippen LogP contribution in [-0.4, -0.2) is 12.0 Å². The summed E-state index contributed by atoms with van der Waals surface area (Å²) in [4.78, 5) is 1.30. The molecule has 10 heavy (non-hydrogen) atoms. The first kappa shape index (κ1) is 7.91. The molecule has 0 bridgehead atoms. The van der Waals surface area contributed by atoms with E-state index in [9.17, 15) is 0 Å². The Bertz CT molecular complexity index is 155. The number of nitrogens with one attached hydrogen (secondary N) is 1. The van der Waals surface area contributed by atoms with Crippen LogP contribution in [0, 0.1) is 0 Å². The first-order chi connectivity index (χ1) is 4.74. The Morgan fingerprint density at radius 2 is 2.40 bits per heavy atom. The zero-order chi connectivity index (χ0) is 7.56. The molecule has 4 heteroatoms. The van der Waals surface area contributed by atoms with Gasteiger partial charge in [-0.25, -0.2) is 0 Å². The Balaban J connectivity index is 2.49. The maximum absolute atomic E-state index is 5.62. The average Bonchev–Trinajstić information content (AvgIpc) is 2.13. The molecule has 0 aliphatic carbocycles. The van der Waals surface area contributed by atoms with E-state index in [2.05, 4.69) is 5.32 Å². The molecule has 0 fully saturated rings. The van der Waals surface area contributed by atoms with Crippen LogP contribution in [0.15, 0.2) is 10.6 Å². The Labute approximate surface area is 65.2 Å². The smallest absolute Gasteiger partial charge is 0.127 e. The summed E-state index contributed by atoms with van der Waals surface area (Å²) in [6, 6.07) is 0. The van der Waals surface area contributed by atoms with Crippen molar-refractivity contribution in [2.75, 3.05) is 6.54 Å². The highest BCUT2D eigenvalue weighted by atomic mass is 32.2. The van der Waals surface area contributed by atoms with Crippen molar-refractivity contribution >= 4 is 11.8 Å². The van der Waals surface area contributed by atoms with E-state index in [0.717, 1.165) is 6.42 Å². The number of nitrogens with two attached hydrogens (primary N) is 2. The van der Waals surface area contributed by atoms with Gasteiger partial charge < -0.3 is 16.8 Å². The standard InChI is InChI=1S/C6H13N3S/c1-4-5(2-3-7)10-6(8)9-4/h6,9H,2-3,7-8H2,1H3. The summed E-state index contributed by atoms with van der Waals surface area (Å²) >= 11 is 1.66. The van der Waals surface area contributed by atoms with E-state index >= 15 is 0 Å². The molecule has 1 aliphatic rings. The zero-order valence-corrected chi connectivity index (χ0v) is 6.87. The summed E-state index contributed by atoms with van der Waals surface area (Å²) in [6.07, 6.45) is 0.942. The van der Waals surface area contributed by atoms with Crippen molar-refractivity contribution in [2.24, 2.45) is 11.5 Å². The molecule has 5 N–H and O–H groups in total. The molecule has 1 rings (SSSR count). The molecule has 58 valence electrons. The number of allylic oxidation sites excluding steroid dienone is 1. The SMILES string of the molecule is CC1=C(CCN)SC(N)N1. The van der Waals surface area contributed by atoms with Crippen molar-refractivity contribution in [1.29, 1.82) is 0 Å². The van der Waals surface area contributed by atoms with Gasteiger partial charge in [-0.2, -0.15) is 0 Å². The molecule has 0 aromatic rings. The molecule has 1 unspecified atom stereocenters. The van der Waals surface area contributed by atoms with Gasteiger partial charge in [-0.15, -0.1) is 0 Å². The van der Waals surface area contributed by atoms with Crippen molar-refractivity contribution in [3.05, 3.63) is 10.6 Å². The van der Waals surface area contributed by atoms with Gasteiger partial charge in [0.05, 0.1) is 0 Å². The molecule has 0 spiro atoms. The minimum atomic E-state index is 0.0431. The van der Waals surface area contributed by atoms with E-state index in [0.29, 0.717) is 6.54 Å². The van der Waals surface area contributed by atoms with E-state index in [1.165, 1.54) is 10.6 Å². The van der Waals surface area contributed by atoms with Gasteiger partial charge in [-0.1, -0.05) is 11.8 Å². The third-order valence-corrected chi connectivity index (χ3v) is 2.58. The highest BCUT2D eigenvalue weighted by Crippen LogP contribution is 2.29. The molecule has 0 saturated heterocycles. The quantitative estimate of drug-likeness (QED) is 0.536. The van der Waals surface area contributed by atoms with Crippen LogP contribution in [0.4, 0.5) is 0 Å². The van der Waals surface area contributed by atoms with Crippen molar-refractivity contribution in [1.82, 2.24) is 5.32 Å². The van der Waals surface area contributed by atoms with Crippen LogP contribution in [0.5, 0.6) is 0 Å². The normalized spacial score (nSPS) is 25.3. The van der Waals surface area contributed by atoms with Gasteiger partial charge in [-0.3, -0.25) is 0 Å². The summed E-state index contributed by atoms with van der Waals surface area (Å²) < 4.78 is 0. The van der Waals surface area contributed by atoms with E-state index < -0.39 is 0 Å². The van der Waals surface area contributed by atoms with Crippen molar-refractivity contribution in [3.8, 4) is 0 Å². The van der Waals surface area contributed by atoms with Gasteiger partial charge in [0.2, 0.25) is 0 Å². The number of hydrogen-bond donors (Lipinski definition) is 3. The highest BCUT2D eigenvalue weighted by Gasteiger charge is 2.16. The second-order valence-corrected chi connectivity index (χ2v) is 3.51. The van der Waals surface area contributed by atoms with Crippen molar-refractivity contribution in [2.45, 2.75) is 18.8 Å². The number of rotatable bonds is 2. The van der Waals surface area contributed by atoms with Crippen LogP contribution < -0.4 is 16.8 Å². The third-order valence-electron chi connectivity index (χ3n) is 1.42. The van der Waals surface area contributed by atoms with Crippen molar-refractivity contribution in [3.63, 3.8) is 0 Å². The van der Waals surface area contributed by atoms with Crippen LogP contribution >= 0.6 is 11.8 Å². The number of hydrogen-bond acceptors (Lipinski definition) is 4. The van der Waals surface area contributed by atoms with Gasteiger partial charge >= 0.3 is 0 Å². The Hall–Kier alpha value is -0.190. The molecule has 0 aromatic heterocycles. The molecule has 0 aromatic carbocycles. The molecular weight excluding hydrogens is 146 g/mol. The van der Waals surface area contributed by atoms with Crippen LogP contribution in [0.2, 0.25) is 0 Å². The fourth-order valence-corrected chi connectivity index (χ4v) is 1.96. The van der Waals surface area contributed by atoms with Crippen LogP contribution in [0.1, 0.15) is 13.3 Å². The molecule has 1 aliphatic heterocycles. The summed E-state index contributed by atoms with van der Waals surface area (Å²) in [7, 11) is 0. The first-order valence-electron chi connectivity index (χ1n) is 3.32. The van der Waals surface area contributed by atoms with Gasteiger partial charge in [0.25, 0.3) is 0 Å². The van der Waals surface area contributed by atoms with E-state index in [-0.39, 0.29) is 5.50 Å². The van der Waals surface area contributed by atoms with Gasteiger partial charge in [0.1, 0.15) is 5.50 Å². The third kappa shape index (κ3) is 1.65.